The van der Waals surface area contributed by atoms with Crippen LogP contribution in [0.5, 0.6) is 0 Å². The Morgan fingerprint density at radius 2 is 1.81 bits per heavy atom. The molecule has 1 N–H and O–H groups in total. The predicted octanol–water partition coefficient (Wildman–Crippen LogP) is 5.51. The molecule has 0 atom stereocenters. The molecule has 3 aromatic rings. The predicted molar refractivity (Wildman–Crippen MR) is 109 cm³/mol. The van der Waals surface area contributed by atoms with Gasteiger partial charge in [-0.15, -0.1) is 0 Å². The quantitative estimate of drug-likeness (QED) is 0.599. The Kier molecular flexibility index (Phi) is 5.07. The molecular formula is C21H19BrFN3O. The Hall–Kier alpha value is -2.47. The van der Waals surface area contributed by atoms with Crippen LogP contribution in [0.1, 0.15) is 29.6 Å². The van der Waals surface area contributed by atoms with E-state index < -0.39 is 0 Å². The van der Waals surface area contributed by atoms with Crippen LogP contribution in [0.15, 0.2) is 53.1 Å². The Morgan fingerprint density at radius 3 is 2.56 bits per heavy atom. The van der Waals surface area contributed by atoms with Crippen molar-refractivity contribution in [3.8, 4) is 0 Å². The Labute approximate surface area is 165 Å². The molecule has 0 unspecified atom stereocenters. The lowest BCUT2D eigenvalue weighted by molar-refractivity contribution is 0.0725. The molecule has 1 aromatic heterocycles. The number of nitrogens with one attached hydrogen (secondary N) is 1. The van der Waals surface area contributed by atoms with E-state index in [0.717, 1.165) is 42.5 Å². The molecular weight excluding hydrogens is 409 g/mol. The molecule has 2 heterocycles. The zero-order chi connectivity index (χ0) is 18.8. The van der Waals surface area contributed by atoms with Gasteiger partial charge in [0.05, 0.1) is 16.8 Å². The summed E-state index contributed by atoms with van der Waals surface area (Å²) in [6.07, 6.45) is 4.76. The highest BCUT2D eigenvalue weighted by atomic mass is 79.9. The zero-order valence-corrected chi connectivity index (χ0v) is 16.3. The van der Waals surface area contributed by atoms with Crippen LogP contribution in [-0.2, 0) is 0 Å². The standard InChI is InChI=1S/C21H19BrFN3O/c22-14-4-7-16(8-5-14)25-20-17-12-15(23)6-9-19(17)24-13-18(20)21(27)26-10-2-1-3-11-26/h4-9,12-13H,1-3,10-11H2,(H,24,25). The van der Waals surface area contributed by atoms with Gasteiger partial charge in [-0.2, -0.15) is 0 Å². The van der Waals surface area contributed by atoms with Gasteiger partial charge in [0, 0.05) is 34.8 Å². The first-order valence-electron chi connectivity index (χ1n) is 9.02. The molecule has 4 nitrogen and oxygen atoms in total. The van der Waals surface area contributed by atoms with E-state index in [2.05, 4.69) is 26.2 Å². The van der Waals surface area contributed by atoms with Crippen molar-refractivity contribution < 1.29 is 9.18 Å². The molecule has 1 fully saturated rings. The molecule has 1 saturated heterocycles. The lowest BCUT2D eigenvalue weighted by Gasteiger charge is -2.27. The van der Waals surface area contributed by atoms with E-state index >= 15 is 0 Å². The highest BCUT2D eigenvalue weighted by molar-refractivity contribution is 9.10. The molecule has 0 bridgehead atoms. The second-order valence-corrected chi connectivity index (χ2v) is 7.61. The summed E-state index contributed by atoms with van der Waals surface area (Å²) in [6.45, 7) is 1.50. The van der Waals surface area contributed by atoms with Crippen molar-refractivity contribution in [1.82, 2.24) is 9.88 Å². The first-order valence-corrected chi connectivity index (χ1v) is 9.81. The molecule has 0 radical (unpaired) electrons. The number of pyridine rings is 1. The van der Waals surface area contributed by atoms with Gasteiger partial charge in [-0.1, -0.05) is 15.9 Å². The van der Waals surface area contributed by atoms with Crippen molar-refractivity contribution in [1.29, 1.82) is 0 Å². The van der Waals surface area contributed by atoms with Crippen LogP contribution in [0.25, 0.3) is 10.9 Å². The first kappa shape index (κ1) is 17.9. The Balaban J connectivity index is 1.81. The number of anilines is 2. The number of aromatic nitrogens is 1. The number of likely N-dealkylation sites (tertiary alicyclic amines) is 1. The molecule has 4 rings (SSSR count). The molecule has 27 heavy (non-hydrogen) atoms. The molecule has 0 aliphatic carbocycles. The summed E-state index contributed by atoms with van der Waals surface area (Å²) < 4.78 is 14.9. The van der Waals surface area contributed by atoms with Gasteiger partial charge >= 0.3 is 0 Å². The summed E-state index contributed by atoms with van der Waals surface area (Å²) >= 11 is 3.42. The molecule has 0 spiro atoms. The fourth-order valence-corrected chi connectivity index (χ4v) is 3.67. The average Bonchev–Trinajstić information content (AvgIpc) is 2.70. The van der Waals surface area contributed by atoms with Crippen LogP contribution in [0, 0.1) is 5.82 Å². The first-order chi connectivity index (χ1) is 13.1. The minimum absolute atomic E-state index is 0.0621. The van der Waals surface area contributed by atoms with Crippen molar-refractivity contribution in [3.05, 3.63) is 64.5 Å². The maximum Gasteiger partial charge on any atom is 0.257 e. The van der Waals surface area contributed by atoms with Crippen LogP contribution in [0.4, 0.5) is 15.8 Å². The number of fused-ring (bicyclic) bond motifs is 1. The smallest absolute Gasteiger partial charge is 0.257 e. The summed E-state index contributed by atoms with van der Waals surface area (Å²) in [6, 6.07) is 12.1. The number of hydrogen-bond acceptors (Lipinski definition) is 3. The van der Waals surface area contributed by atoms with E-state index in [1.807, 2.05) is 29.2 Å². The van der Waals surface area contributed by atoms with Gasteiger partial charge in [0.1, 0.15) is 5.82 Å². The third-order valence-electron chi connectivity index (χ3n) is 4.82. The van der Waals surface area contributed by atoms with Crippen molar-refractivity contribution in [2.24, 2.45) is 0 Å². The average molecular weight is 428 g/mol. The number of amides is 1. The summed E-state index contributed by atoms with van der Waals surface area (Å²) in [5, 5.41) is 3.91. The highest BCUT2D eigenvalue weighted by Gasteiger charge is 2.23. The van der Waals surface area contributed by atoms with Gasteiger partial charge in [0.15, 0.2) is 0 Å². The van der Waals surface area contributed by atoms with E-state index in [1.54, 1.807) is 12.3 Å². The highest BCUT2D eigenvalue weighted by Crippen LogP contribution is 2.31. The number of benzene rings is 2. The second kappa shape index (κ2) is 7.64. The zero-order valence-electron chi connectivity index (χ0n) is 14.7. The number of carbonyl (C=O) groups excluding carboxylic acids is 1. The van der Waals surface area contributed by atoms with E-state index in [4.69, 9.17) is 0 Å². The summed E-state index contributed by atoms with van der Waals surface area (Å²) in [4.78, 5) is 19.4. The second-order valence-electron chi connectivity index (χ2n) is 6.69. The number of hydrogen-bond donors (Lipinski definition) is 1. The van der Waals surface area contributed by atoms with Gasteiger partial charge in [0.2, 0.25) is 0 Å². The van der Waals surface area contributed by atoms with E-state index in [9.17, 15) is 9.18 Å². The number of carbonyl (C=O) groups is 1. The normalized spacial score (nSPS) is 14.4. The van der Waals surface area contributed by atoms with Crippen LogP contribution < -0.4 is 5.32 Å². The SMILES string of the molecule is O=C(c1cnc2ccc(F)cc2c1Nc1ccc(Br)cc1)N1CCCCC1. The fourth-order valence-electron chi connectivity index (χ4n) is 3.41. The van der Waals surface area contributed by atoms with Gasteiger partial charge in [-0.25, -0.2) is 4.39 Å². The molecule has 1 aliphatic heterocycles. The van der Waals surface area contributed by atoms with Crippen LogP contribution >= 0.6 is 15.9 Å². The van der Waals surface area contributed by atoms with Crippen molar-refractivity contribution >= 4 is 44.1 Å². The molecule has 6 heteroatoms. The van der Waals surface area contributed by atoms with Crippen LogP contribution in [-0.4, -0.2) is 28.9 Å². The minimum atomic E-state index is -0.356. The van der Waals surface area contributed by atoms with Gasteiger partial charge in [-0.05, 0) is 61.7 Å². The van der Waals surface area contributed by atoms with Crippen molar-refractivity contribution in [2.75, 3.05) is 18.4 Å². The number of nitrogens with zero attached hydrogens (tertiary/aromatic N) is 2. The molecule has 2 aromatic carbocycles. The van der Waals surface area contributed by atoms with E-state index in [0.29, 0.717) is 22.2 Å². The summed E-state index contributed by atoms with van der Waals surface area (Å²) in [5.41, 5.74) is 2.53. The van der Waals surface area contributed by atoms with Crippen LogP contribution in [0.3, 0.4) is 0 Å². The van der Waals surface area contributed by atoms with Crippen molar-refractivity contribution in [2.45, 2.75) is 19.3 Å². The fraction of sp³-hybridized carbons (Fsp3) is 0.238. The Morgan fingerprint density at radius 1 is 1.07 bits per heavy atom. The number of piperidine rings is 1. The third-order valence-corrected chi connectivity index (χ3v) is 5.35. The van der Waals surface area contributed by atoms with Crippen molar-refractivity contribution in [3.63, 3.8) is 0 Å². The maximum atomic E-state index is 13.9. The van der Waals surface area contributed by atoms with E-state index in [-0.39, 0.29) is 11.7 Å². The Bertz CT molecular complexity index is 985. The molecule has 138 valence electrons. The van der Waals surface area contributed by atoms with Crippen LogP contribution in [0.2, 0.25) is 0 Å². The molecule has 1 aliphatic rings. The van der Waals surface area contributed by atoms with Gasteiger partial charge in [-0.3, -0.25) is 9.78 Å². The molecule has 0 saturated carbocycles. The maximum absolute atomic E-state index is 13.9. The lowest BCUT2D eigenvalue weighted by atomic mass is 10.1. The minimum Gasteiger partial charge on any atom is -0.354 e. The topological polar surface area (TPSA) is 45.2 Å². The summed E-state index contributed by atoms with van der Waals surface area (Å²) in [5.74, 6) is -0.418. The third kappa shape index (κ3) is 3.81. The number of rotatable bonds is 3. The monoisotopic (exact) mass is 427 g/mol. The largest absolute Gasteiger partial charge is 0.354 e. The van der Waals surface area contributed by atoms with Gasteiger partial charge < -0.3 is 10.2 Å². The molecule has 1 amide bonds. The summed E-state index contributed by atoms with van der Waals surface area (Å²) in [7, 11) is 0. The van der Waals surface area contributed by atoms with E-state index in [1.165, 1.54) is 12.1 Å². The lowest BCUT2D eigenvalue weighted by Crippen LogP contribution is -2.36. The number of halogens is 2. The van der Waals surface area contributed by atoms with Gasteiger partial charge in [0.25, 0.3) is 5.91 Å².